The lowest BCUT2D eigenvalue weighted by Gasteiger charge is -2.63. The number of nitrogens with zero attached hydrogens (tertiary/aromatic N) is 3. The number of amides is 4. The Morgan fingerprint density at radius 2 is 1.59 bits per heavy atom. The van der Waals surface area contributed by atoms with E-state index in [1.807, 2.05) is 86.6 Å². The topological polar surface area (TPSA) is 192 Å². The molecule has 2 heterocycles. The second-order valence-electron chi connectivity index (χ2n) is 20.4. The third-order valence-corrected chi connectivity index (χ3v) is 14.1. The van der Waals surface area contributed by atoms with Gasteiger partial charge in [0.1, 0.15) is 36.3 Å². The van der Waals surface area contributed by atoms with Gasteiger partial charge in [-0.25, -0.2) is 4.98 Å². The van der Waals surface area contributed by atoms with Gasteiger partial charge in [-0.15, -0.1) is 11.3 Å². The van der Waals surface area contributed by atoms with Crippen molar-refractivity contribution in [1.29, 1.82) is 5.26 Å². The number of thiazole rings is 1. The number of unbranched alkanes of at least 4 members (excludes halogenated alkanes) is 1. The Bertz CT molecular complexity index is 2540. The molecule has 0 bridgehead atoms. The van der Waals surface area contributed by atoms with E-state index in [0.29, 0.717) is 30.8 Å². The van der Waals surface area contributed by atoms with E-state index in [-0.39, 0.29) is 49.9 Å². The van der Waals surface area contributed by atoms with Crippen LogP contribution in [0.1, 0.15) is 113 Å². The normalized spacial score (nSPS) is 20.3. The summed E-state index contributed by atoms with van der Waals surface area (Å²) < 4.78 is 58.4. The van der Waals surface area contributed by atoms with Gasteiger partial charge in [0.2, 0.25) is 17.7 Å². The molecule has 4 aromatic rings. The number of carbonyl (C=O) groups excluding carboxylic acids is 4. The van der Waals surface area contributed by atoms with Gasteiger partial charge < -0.3 is 40.2 Å². The van der Waals surface area contributed by atoms with Crippen LogP contribution in [0, 0.1) is 34.5 Å². The first-order chi connectivity index (χ1) is 32.8. The maximum atomic E-state index is 14.1. The van der Waals surface area contributed by atoms with Crippen molar-refractivity contribution in [3.63, 3.8) is 0 Å². The minimum atomic E-state index is -4.72. The summed E-state index contributed by atoms with van der Waals surface area (Å²) in [5.41, 5.74) is 1.44. The van der Waals surface area contributed by atoms with Gasteiger partial charge in [0.25, 0.3) is 5.91 Å². The predicted octanol–water partition coefficient (Wildman–Crippen LogP) is 8.17. The monoisotopic (exact) mass is 988 g/mol. The molecular formula is C52H63F3N6O8S. The number of nitrogens with one attached hydrogen (secondary N) is 3. The molecule has 70 heavy (non-hydrogen) atoms. The molecule has 14 nitrogen and oxygen atoms in total. The number of halogens is 3. The van der Waals surface area contributed by atoms with Crippen molar-refractivity contribution in [3.8, 4) is 28.0 Å². The highest BCUT2D eigenvalue weighted by molar-refractivity contribution is 7.13. The lowest BCUT2D eigenvalue weighted by atomic mass is 9.49. The van der Waals surface area contributed by atoms with Gasteiger partial charge in [0, 0.05) is 42.0 Å². The zero-order valence-electron chi connectivity index (χ0n) is 41.0. The summed E-state index contributed by atoms with van der Waals surface area (Å²) in [6, 6.07) is 16.7. The van der Waals surface area contributed by atoms with Gasteiger partial charge in [0.15, 0.2) is 0 Å². The predicted molar refractivity (Wildman–Crippen MR) is 258 cm³/mol. The van der Waals surface area contributed by atoms with Gasteiger partial charge in [-0.2, -0.15) is 18.4 Å². The molecule has 1 aliphatic carbocycles. The maximum Gasteiger partial charge on any atom is 0.417 e. The first kappa shape index (κ1) is 53.3. The molecule has 1 aliphatic heterocycles. The zero-order chi connectivity index (χ0) is 51.3. The number of aromatic nitrogens is 1. The molecule has 4 atom stereocenters. The van der Waals surface area contributed by atoms with Crippen LogP contribution in [0.4, 0.5) is 13.2 Å². The van der Waals surface area contributed by atoms with Crippen molar-refractivity contribution < 1.29 is 51.7 Å². The highest BCUT2D eigenvalue weighted by Gasteiger charge is 2.64. The fourth-order valence-corrected chi connectivity index (χ4v) is 10.5. The van der Waals surface area contributed by atoms with Crippen molar-refractivity contribution in [3.05, 3.63) is 100 Å². The van der Waals surface area contributed by atoms with Crippen LogP contribution in [0.5, 0.6) is 11.5 Å². The molecule has 0 unspecified atom stereocenters. The minimum Gasteiger partial charge on any atom is -0.494 e. The number of benzene rings is 3. The number of aryl methyl sites for hydroxylation is 1. The highest BCUT2D eigenvalue weighted by atomic mass is 32.1. The largest absolute Gasteiger partial charge is 0.494 e. The Hall–Kier alpha value is -6.03. The fourth-order valence-electron chi connectivity index (χ4n) is 9.66. The summed E-state index contributed by atoms with van der Waals surface area (Å²) in [4.78, 5) is 60.9. The maximum absolute atomic E-state index is 14.1. The summed E-state index contributed by atoms with van der Waals surface area (Å²) >= 11 is 1.56. The number of carbonyl (C=O) groups is 4. The number of aliphatic hydroxyl groups excluding tert-OH is 1. The molecule has 2 fully saturated rings. The number of β-amino-alcohol motifs (C(OH)–C–C–N with tert-alkyl or cyclic N) is 1. The second kappa shape index (κ2) is 21.5. The van der Waals surface area contributed by atoms with Crippen LogP contribution in [0.15, 0.2) is 72.2 Å². The van der Waals surface area contributed by atoms with Crippen LogP contribution >= 0.6 is 11.3 Å². The Labute approximate surface area is 411 Å². The molecule has 1 saturated carbocycles. The Kier molecular flexibility index (Phi) is 16.4. The Morgan fingerprint density at radius 1 is 0.943 bits per heavy atom. The van der Waals surface area contributed by atoms with E-state index in [9.17, 15) is 37.5 Å². The molecule has 1 aromatic heterocycles. The van der Waals surface area contributed by atoms with Crippen LogP contribution in [-0.2, 0) is 25.3 Å². The average Bonchev–Trinajstić information content (AvgIpc) is 3.92. The molecule has 3 aromatic carbocycles. The number of hydrogen-bond donors (Lipinski definition) is 4. The van der Waals surface area contributed by atoms with Gasteiger partial charge in [-0.3, -0.25) is 19.2 Å². The van der Waals surface area contributed by atoms with E-state index in [4.69, 9.17) is 19.5 Å². The van der Waals surface area contributed by atoms with E-state index >= 15 is 0 Å². The standard InChI is InChI=1S/C52H63F3N6O8S/c1-30(32-12-14-33(15-13-32)42-31(2)57-29-70-42)58-45(65)40-24-36(62)27-61(40)46(66)43(49(3,4)5)59-41(63)28-67-22-10-11-23-68-37-19-16-34(17-20-37)44(64)60-47-50(6,7)48(51(47,8)9)69-38-21-18-35(26-56)39(25-38)52(53,54)55/h12-21,25,29-30,36,40,43,47-48,62H,10-11,22-24,27-28H2,1-9H3,(H,58,65)(H,59,63)(H,60,64)/t30-,36+,40-,43+,47?,48?/m0/s1. The summed E-state index contributed by atoms with van der Waals surface area (Å²) in [6.45, 7) is 17.0. The molecule has 4 N–H and O–H groups in total. The molecule has 18 heteroatoms. The molecule has 1 saturated heterocycles. The van der Waals surface area contributed by atoms with E-state index in [1.165, 1.54) is 11.0 Å². The lowest BCUT2D eigenvalue weighted by Crippen LogP contribution is -2.74. The third kappa shape index (κ3) is 12.3. The highest BCUT2D eigenvalue weighted by Crippen LogP contribution is 2.56. The summed E-state index contributed by atoms with van der Waals surface area (Å²) in [7, 11) is 0. The van der Waals surface area contributed by atoms with Crippen molar-refractivity contribution in [2.45, 2.75) is 124 Å². The molecule has 6 rings (SSSR count). The van der Waals surface area contributed by atoms with E-state index < -0.39 is 75.6 Å². The summed E-state index contributed by atoms with van der Waals surface area (Å²) in [5.74, 6) is -1.16. The van der Waals surface area contributed by atoms with Crippen LogP contribution in [0.25, 0.3) is 10.4 Å². The molecular weight excluding hydrogens is 926 g/mol. The number of alkyl halides is 3. The molecule has 0 radical (unpaired) electrons. The smallest absolute Gasteiger partial charge is 0.417 e. The molecule has 4 amide bonds. The first-order valence-electron chi connectivity index (χ1n) is 23.3. The van der Waals surface area contributed by atoms with Gasteiger partial charge in [0.05, 0.1) is 52.0 Å². The van der Waals surface area contributed by atoms with E-state index in [1.54, 1.807) is 47.2 Å². The SMILES string of the molecule is Cc1ncsc1-c1ccc([C@H](C)NC(=O)[C@@H]2C[C@@H](O)CN2C(=O)[C@@H](NC(=O)COCCCCOc2ccc(C(=O)NC3C(C)(C)C(Oc4ccc(C#N)c(C(F)(F)F)c4)C3(C)C)cc2)C(C)(C)C)cc1. The van der Waals surface area contributed by atoms with E-state index in [2.05, 4.69) is 20.9 Å². The van der Waals surface area contributed by atoms with Crippen LogP contribution in [-0.4, -0.2) is 95.3 Å². The van der Waals surface area contributed by atoms with Gasteiger partial charge in [-0.1, -0.05) is 72.7 Å². The lowest BCUT2D eigenvalue weighted by molar-refractivity contribution is -0.164. The first-order valence-corrected chi connectivity index (χ1v) is 24.2. The Morgan fingerprint density at radius 3 is 2.19 bits per heavy atom. The second-order valence-corrected chi connectivity index (χ2v) is 21.2. The van der Waals surface area contributed by atoms with Crippen LogP contribution in [0.2, 0.25) is 0 Å². The number of likely N-dealkylation sites (tertiary alicyclic amines) is 1. The number of ether oxygens (including phenoxy) is 3. The molecule has 2 aliphatic rings. The van der Waals surface area contributed by atoms with Crippen molar-refractivity contribution in [1.82, 2.24) is 25.8 Å². The van der Waals surface area contributed by atoms with Crippen molar-refractivity contribution in [2.75, 3.05) is 26.4 Å². The summed E-state index contributed by atoms with van der Waals surface area (Å²) in [5, 5.41) is 28.7. The summed E-state index contributed by atoms with van der Waals surface area (Å²) in [6.07, 6.45) is -4.94. The Balaban J connectivity index is 0.912. The van der Waals surface area contributed by atoms with Gasteiger partial charge in [-0.05, 0) is 85.7 Å². The van der Waals surface area contributed by atoms with Crippen LogP contribution in [0.3, 0.4) is 0 Å². The molecule has 0 spiro atoms. The number of aliphatic hydroxyl groups is 1. The van der Waals surface area contributed by atoms with E-state index in [0.717, 1.165) is 33.8 Å². The average molecular weight is 989 g/mol. The van der Waals surface area contributed by atoms with Crippen molar-refractivity contribution >= 4 is 35.0 Å². The number of hydrogen-bond acceptors (Lipinski definition) is 11. The number of nitriles is 1. The number of rotatable bonds is 18. The quantitative estimate of drug-likeness (QED) is 0.0708. The van der Waals surface area contributed by atoms with Crippen molar-refractivity contribution in [2.24, 2.45) is 16.2 Å². The minimum absolute atomic E-state index is 0.0143. The van der Waals surface area contributed by atoms with Crippen LogP contribution < -0.4 is 25.4 Å². The fraction of sp³-hybridized carbons (Fsp3) is 0.500. The molecule has 376 valence electrons. The van der Waals surface area contributed by atoms with Gasteiger partial charge >= 0.3 is 6.18 Å². The zero-order valence-corrected chi connectivity index (χ0v) is 41.8. The third-order valence-electron chi connectivity index (χ3n) is 13.1.